The number of hydrogen-bond acceptors (Lipinski definition) is 3. The summed E-state index contributed by atoms with van der Waals surface area (Å²) in [6.45, 7) is 0.407. The highest BCUT2D eigenvalue weighted by Crippen LogP contribution is 2.40. The van der Waals surface area contributed by atoms with Crippen LogP contribution < -0.4 is 15.5 Å². The largest absolute Gasteiger partial charge is 0.349 e. The molecule has 0 spiro atoms. The van der Waals surface area contributed by atoms with Gasteiger partial charge in [0.15, 0.2) is 5.54 Å². The summed E-state index contributed by atoms with van der Waals surface area (Å²) in [5, 5.41) is 5.93. The fourth-order valence-corrected chi connectivity index (χ4v) is 4.93. The number of para-hydroxylation sites is 1. The summed E-state index contributed by atoms with van der Waals surface area (Å²) in [4.78, 5) is 42.3. The van der Waals surface area contributed by atoms with Gasteiger partial charge in [-0.2, -0.15) is 0 Å². The minimum Gasteiger partial charge on any atom is -0.349 e. The van der Waals surface area contributed by atoms with Gasteiger partial charge in [-0.3, -0.25) is 14.4 Å². The first-order valence-electron chi connectivity index (χ1n) is 12.7. The van der Waals surface area contributed by atoms with E-state index < -0.39 is 5.54 Å². The maximum Gasteiger partial charge on any atom is 0.259 e. The number of nitrogens with one attached hydrogen (secondary N) is 2. The highest BCUT2D eigenvalue weighted by molar-refractivity contribution is 6.11. The number of benzene rings is 4. The molecule has 0 saturated carbocycles. The minimum absolute atomic E-state index is 0.0790. The average Bonchev–Trinajstić information content (AvgIpc) is 3.20. The molecule has 4 aromatic rings. The molecule has 0 aliphatic carbocycles. The molecule has 0 aromatic heterocycles. The highest BCUT2D eigenvalue weighted by atomic mass is 16.2. The van der Waals surface area contributed by atoms with Crippen LogP contribution in [0, 0.1) is 0 Å². The molecule has 1 aliphatic heterocycles. The third kappa shape index (κ3) is 5.06. The maximum atomic E-state index is 14.2. The summed E-state index contributed by atoms with van der Waals surface area (Å²) in [5.41, 5.74) is 2.09. The molecule has 5 rings (SSSR count). The Hall–Kier alpha value is -4.71. The van der Waals surface area contributed by atoms with Gasteiger partial charge in [-0.05, 0) is 48.7 Å². The molecule has 6 heteroatoms. The quantitative estimate of drug-likeness (QED) is 0.347. The molecule has 6 nitrogen and oxygen atoms in total. The lowest BCUT2D eigenvalue weighted by Crippen LogP contribution is -2.59. The van der Waals surface area contributed by atoms with Crippen molar-refractivity contribution in [3.8, 4) is 0 Å². The minimum atomic E-state index is -1.44. The van der Waals surface area contributed by atoms with Gasteiger partial charge in [0.1, 0.15) is 0 Å². The van der Waals surface area contributed by atoms with Crippen LogP contribution in [0.25, 0.3) is 0 Å². The number of aryl methyl sites for hydroxylation is 1. The van der Waals surface area contributed by atoms with Crippen LogP contribution in [0.15, 0.2) is 115 Å². The monoisotopic (exact) mass is 503 g/mol. The summed E-state index contributed by atoms with van der Waals surface area (Å²) >= 11 is 0. The van der Waals surface area contributed by atoms with Crippen LogP contribution in [0.1, 0.15) is 38.3 Å². The molecular formula is C32H29N3O3. The number of carbonyl (C=O) groups is 3. The van der Waals surface area contributed by atoms with Crippen molar-refractivity contribution in [2.75, 3.05) is 18.0 Å². The molecule has 190 valence electrons. The van der Waals surface area contributed by atoms with Crippen LogP contribution in [-0.2, 0) is 16.8 Å². The van der Waals surface area contributed by atoms with E-state index in [2.05, 4.69) is 22.8 Å². The van der Waals surface area contributed by atoms with Crippen molar-refractivity contribution in [3.05, 3.63) is 138 Å². The Labute approximate surface area is 222 Å². The molecule has 0 fully saturated rings. The number of rotatable bonds is 9. The number of hydrogen-bond donors (Lipinski definition) is 2. The normalized spacial score (nSPS) is 16.1. The second-order valence-electron chi connectivity index (χ2n) is 9.34. The van der Waals surface area contributed by atoms with Gasteiger partial charge in [0.25, 0.3) is 17.7 Å². The Morgan fingerprint density at radius 1 is 0.684 bits per heavy atom. The molecule has 1 atom stereocenters. The lowest BCUT2D eigenvalue weighted by Gasteiger charge is -2.30. The Balaban J connectivity index is 1.45. The Bertz CT molecular complexity index is 1420. The zero-order valence-corrected chi connectivity index (χ0v) is 21.0. The van der Waals surface area contributed by atoms with Gasteiger partial charge in [0, 0.05) is 28.9 Å². The summed E-state index contributed by atoms with van der Waals surface area (Å²) in [6.07, 6.45) is 1.57. The number of amides is 3. The first-order chi connectivity index (χ1) is 18.6. The zero-order valence-electron chi connectivity index (χ0n) is 21.0. The lowest BCUT2D eigenvalue weighted by molar-refractivity contribution is -0.123. The van der Waals surface area contributed by atoms with Gasteiger partial charge in [0.05, 0.1) is 6.54 Å². The van der Waals surface area contributed by atoms with E-state index in [1.807, 2.05) is 54.6 Å². The van der Waals surface area contributed by atoms with Crippen LogP contribution >= 0.6 is 0 Å². The van der Waals surface area contributed by atoms with E-state index in [1.165, 1.54) is 5.56 Å². The fourth-order valence-electron chi connectivity index (χ4n) is 4.93. The van der Waals surface area contributed by atoms with Crippen LogP contribution in [0.2, 0.25) is 0 Å². The van der Waals surface area contributed by atoms with Gasteiger partial charge >= 0.3 is 0 Å². The predicted molar refractivity (Wildman–Crippen MR) is 148 cm³/mol. The molecule has 1 unspecified atom stereocenters. The van der Waals surface area contributed by atoms with E-state index in [-0.39, 0.29) is 24.3 Å². The van der Waals surface area contributed by atoms with Crippen molar-refractivity contribution >= 4 is 23.4 Å². The second-order valence-corrected chi connectivity index (χ2v) is 9.34. The fraction of sp³-hybridized carbons (Fsp3) is 0.156. The van der Waals surface area contributed by atoms with E-state index in [0.717, 1.165) is 18.5 Å². The van der Waals surface area contributed by atoms with Gasteiger partial charge in [-0.25, -0.2) is 0 Å². The third-order valence-electron chi connectivity index (χ3n) is 6.87. The van der Waals surface area contributed by atoms with Crippen molar-refractivity contribution in [1.82, 2.24) is 10.6 Å². The Kier molecular flexibility index (Phi) is 7.31. The molecule has 0 saturated heterocycles. The summed E-state index contributed by atoms with van der Waals surface area (Å²) < 4.78 is 0. The van der Waals surface area contributed by atoms with Crippen LogP contribution in [0.5, 0.6) is 0 Å². The predicted octanol–water partition coefficient (Wildman–Crippen LogP) is 4.72. The standard InChI is InChI=1S/C32H29N3O3/c36-29(25-16-6-2-7-17-25)33-23-32(34-30(37)26-18-8-3-9-19-26)27-20-10-11-21-28(27)35(31(32)38)22-12-15-24-13-4-1-5-14-24/h1-11,13-14,16-21H,12,15,22-23H2,(H,33,36)(H,34,37). The molecule has 1 aliphatic rings. The number of nitrogens with zero attached hydrogens (tertiary/aromatic N) is 1. The van der Waals surface area contributed by atoms with Crippen LogP contribution in [-0.4, -0.2) is 30.8 Å². The number of anilines is 1. The smallest absolute Gasteiger partial charge is 0.259 e. The van der Waals surface area contributed by atoms with E-state index in [1.54, 1.807) is 53.4 Å². The molecule has 0 bridgehead atoms. The zero-order chi connectivity index (χ0) is 26.4. The highest BCUT2D eigenvalue weighted by Gasteiger charge is 2.52. The second kappa shape index (κ2) is 11.1. The number of fused-ring (bicyclic) bond motifs is 1. The first kappa shape index (κ1) is 25.0. The molecule has 1 heterocycles. The molecular weight excluding hydrogens is 474 g/mol. The van der Waals surface area contributed by atoms with Crippen LogP contribution in [0.3, 0.4) is 0 Å². The van der Waals surface area contributed by atoms with E-state index >= 15 is 0 Å². The SMILES string of the molecule is O=C(NCC1(NC(=O)c2ccccc2)C(=O)N(CCCc2ccccc2)c2ccccc21)c1ccccc1. The van der Waals surface area contributed by atoms with Crippen molar-refractivity contribution in [2.45, 2.75) is 18.4 Å². The summed E-state index contributed by atoms with van der Waals surface area (Å²) in [6, 6.07) is 35.2. The number of carbonyl (C=O) groups excluding carboxylic acids is 3. The molecule has 3 amide bonds. The molecule has 2 N–H and O–H groups in total. The molecule has 38 heavy (non-hydrogen) atoms. The average molecular weight is 504 g/mol. The maximum absolute atomic E-state index is 14.2. The topological polar surface area (TPSA) is 78.5 Å². The van der Waals surface area contributed by atoms with Crippen molar-refractivity contribution in [1.29, 1.82) is 0 Å². The van der Waals surface area contributed by atoms with Gasteiger partial charge in [0.2, 0.25) is 0 Å². The van der Waals surface area contributed by atoms with Gasteiger partial charge < -0.3 is 15.5 Å². The van der Waals surface area contributed by atoms with Crippen molar-refractivity contribution in [3.63, 3.8) is 0 Å². The third-order valence-corrected chi connectivity index (χ3v) is 6.87. The van der Waals surface area contributed by atoms with Gasteiger partial charge in [-0.1, -0.05) is 84.9 Å². The van der Waals surface area contributed by atoms with Gasteiger partial charge in [-0.15, -0.1) is 0 Å². The summed E-state index contributed by atoms with van der Waals surface area (Å²) in [7, 11) is 0. The van der Waals surface area contributed by atoms with Crippen molar-refractivity contribution < 1.29 is 14.4 Å². The lowest BCUT2D eigenvalue weighted by atomic mass is 9.90. The summed E-state index contributed by atoms with van der Waals surface area (Å²) in [5.74, 6) is -0.954. The molecule has 4 aromatic carbocycles. The van der Waals surface area contributed by atoms with Crippen LogP contribution in [0.4, 0.5) is 5.69 Å². The first-order valence-corrected chi connectivity index (χ1v) is 12.7. The van der Waals surface area contributed by atoms with E-state index in [4.69, 9.17) is 0 Å². The Morgan fingerprint density at radius 3 is 1.89 bits per heavy atom. The van der Waals surface area contributed by atoms with E-state index in [9.17, 15) is 14.4 Å². The molecule has 0 radical (unpaired) electrons. The van der Waals surface area contributed by atoms with Crippen molar-refractivity contribution in [2.24, 2.45) is 0 Å². The Morgan fingerprint density at radius 2 is 1.24 bits per heavy atom. The van der Waals surface area contributed by atoms with E-state index in [0.29, 0.717) is 23.2 Å².